The van der Waals surface area contributed by atoms with E-state index in [2.05, 4.69) is 53.1 Å². The highest BCUT2D eigenvalue weighted by molar-refractivity contribution is 9.11. The Morgan fingerprint density at radius 3 is 2.33 bits per heavy atom. The van der Waals surface area contributed by atoms with Gasteiger partial charge in [0.2, 0.25) is 0 Å². The van der Waals surface area contributed by atoms with Gasteiger partial charge in [-0.3, -0.25) is 0 Å². The van der Waals surface area contributed by atoms with Gasteiger partial charge in [0.05, 0.1) is 15.6 Å². The molecule has 1 aromatic rings. The number of hydrogen-bond donors (Lipinski definition) is 1. The molecule has 2 rings (SSSR count). The number of hydrogen-bond acceptors (Lipinski definition) is 2. The predicted molar refractivity (Wildman–Crippen MR) is 85.2 cm³/mol. The summed E-state index contributed by atoms with van der Waals surface area (Å²) >= 11 is 10.5. The average molecular weight is 442 g/mol. The van der Waals surface area contributed by atoms with Gasteiger partial charge in [0, 0.05) is 4.47 Å². The van der Waals surface area contributed by atoms with Gasteiger partial charge in [0.15, 0.2) is 0 Å². The number of nitrogens with one attached hydrogen (secondary N) is 1. The van der Waals surface area contributed by atoms with E-state index in [0.29, 0.717) is 0 Å². The van der Waals surface area contributed by atoms with Crippen molar-refractivity contribution in [1.29, 1.82) is 0 Å². The van der Waals surface area contributed by atoms with Crippen LogP contribution in [-0.2, 0) is 0 Å². The van der Waals surface area contributed by atoms with Crippen LogP contribution in [0.3, 0.4) is 0 Å². The van der Waals surface area contributed by atoms with Crippen LogP contribution in [0, 0.1) is 5.92 Å². The lowest BCUT2D eigenvalue weighted by molar-refractivity contribution is 0.249. The smallest absolute Gasteiger partial charge is 0.147 e. The fourth-order valence-electron chi connectivity index (χ4n) is 2.16. The first-order valence-corrected chi connectivity index (χ1v) is 8.53. The molecule has 0 bridgehead atoms. The molecular weight excluding hydrogens is 426 g/mol. The Hall–Kier alpha value is 0.420. The molecule has 0 spiro atoms. The summed E-state index contributed by atoms with van der Waals surface area (Å²) in [7, 11) is 0. The van der Waals surface area contributed by atoms with Crippen molar-refractivity contribution >= 4 is 47.8 Å². The van der Waals surface area contributed by atoms with Crippen molar-refractivity contribution < 1.29 is 4.74 Å². The van der Waals surface area contributed by atoms with Crippen molar-refractivity contribution in [3.05, 3.63) is 25.6 Å². The number of rotatable bonds is 4. The summed E-state index contributed by atoms with van der Waals surface area (Å²) in [5.74, 6) is 1.70. The molecule has 0 unspecified atom stereocenters. The minimum atomic E-state index is 0.781. The van der Waals surface area contributed by atoms with Gasteiger partial charge in [-0.2, -0.15) is 0 Å². The molecule has 0 aromatic heterocycles. The van der Waals surface area contributed by atoms with Gasteiger partial charge in [-0.1, -0.05) is 15.9 Å². The lowest BCUT2D eigenvalue weighted by atomic mass is 9.95. The Kier molecular flexibility index (Phi) is 5.98. The van der Waals surface area contributed by atoms with Crippen molar-refractivity contribution in [2.45, 2.75) is 19.3 Å². The van der Waals surface area contributed by atoms with Gasteiger partial charge in [-0.05, 0) is 82.3 Å². The Balaban J connectivity index is 1.86. The van der Waals surface area contributed by atoms with E-state index in [1.807, 2.05) is 12.1 Å². The summed E-state index contributed by atoms with van der Waals surface area (Å²) in [5.41, 5.74) is 0. The van der Waals surface area contributed by atoms with Crippen molar-refractivity contribution in [2.75, 3.05) is 19.7 Å². The summed E-state index contributed by atoms with van der Waals surface area (Å²) in [6.45, 7) is 3.08. The van der Waals surface area contributed by atoms with Gasteiger partial charge in [-0.15, -0.1) is 0 Å². The summed E-state index contributed by atoms with van der Waals surface area (Å²) in [4.78, 5) is 0. The highest BCUT2D eigenvalue weighted by Crippen LogP contribution is 2.36. The molecule has 1 heterocycles. The molecule has 0 amide bonds. The number of ether oxygens (including phenoxy) is 1. The van der Waals surface area contributed by atoms with Crippen LogP contribution >= 0.6 is 47.8 Å². The Morgan fingerprint density at radius 2 is 1.72 bits per heavy atom. The molecule has 0 saturated carbocycles. The molecule has 5 heteroatoms. The fourth-order valence-corrected chi connectivity index (χ4v) is 4.65. The molecule has 0 atom stereocenters. The molecule has 1 N–H and O–H groups in total. The standard InChI is InChI=1S/C13H16Br3NO/c14-10-7-11(15)13(12(16)8-10)18-6-3-9-1-4-17-5-2-9/h7-9,17H,1-6H2. The van der Waals surface area contributed by atoms with Gasteiger partial charge < -0.3 is 10.1 Å². The molecule has 100 valence electrons. The van der Waals surface area contributed by atoms with Crippen molar-refractivity contribution in [3.8, 4) is 5.75 Å². The van der Waals surface area contributed by atoms with Crippen LogP contribution in [-0.4, -0.2) is 19.7 Å². The quantitative estimate of drug-likeness (QED) is 0.728. The first-order valence-electron chi connectivity index (χ1n) is 6.15. The van der Waals surface area contributed by atoms with E-state index < -0.39 is 0 Å². The largest absolute Gasteiger partial charge is 0.491 e. The zero-order valence-corrected chi connectivity index (χ0v) is 14.8. The minimum Gasteiger partial charge on any atom is -0.491 e. The minimum absolute atomic E-state index is 0.781. The SMILES string of the molecule is Brc1cc(Br)c(OCCC2CCNCC2)c(Br)c1. The highest BCUT2D eigenvalue weighted by atomic mass is 79.9. The van der Waals surface area contributed by atoms with Crippen molar-refractivity contribution in [2.24, 2.45) is 5.92 Å². The third kappa shape index (κ3) is 4.22. The monoisotopic (exact) mass is 439 g/mol. The Morgan fingerprint density at radius 1 is 1.11 bits per heavy atom. The van der Waals surface area contributed by atoms with E-state index >= 15 is 0 Å². The van der Waals surface area contributed by atoms with Crippen LogP contribution in [0.1, 0.15) is 19.3 Å². The summed E-state index contributed by atoms with van der Waals surface area (Å²) in [6, 6.07) is 4.01. The predicted octanol–water partition coefficient (Wildman–Crippen LogP) is 4.74. The van der Waals surface area contributed by atoms with Crippen LogP contribution in [0.4, 0.5) is 0 Å². The van der Waals surface area contributed by atoms with Crippen LogP contribution in [0.2, 0.25) is 0 Å². The maximum atomic E-state index is 5.89. The molecule has 18 heavy (non-hydrogen) atoms. The second-order valence-electron chi connectivity index (χ2n) is 4.53. The van der Waals surface area contributed by atoms with E-state index in [0.717, 1.165) is 51.2 Å². The van der Waals surface area contributed by atoms with E-state index in [4.69, 9.17) is 4.74 Å². The molecule has 1 saturated heterocycles. The van der Waals surface area contributed by atoms with Gasteiger partial charge in [0.25, 0.3) is 0 Å². The van der Waals surface area contributed by atoms with Crippen molar-refractivity contribution in [3.63, 3.8) is 0 Å². The molecule has 2 nitrogen and oxygen atoms in total. The van der Waals surface area contributed by atoms with Crippen molar-refractivity contribution in [1.82, 2.24) is 5.32 Å². The number of halogens is 3. The maximum Gasteiger partial charge on any atom is 0.147 e. The van der Waals surface area contributed by atoms with Crippen LogP contribution in [0.5, 0.6) is 5.75 Å². The lowest BCUT2D eigenvalue weighted by Crippen LogP contribution is -2.28. The van der Waals surface area contributed by atoms with Crippen LogP contribution in [0.25, 0.3) is 0 Å². The van der Waals surface area contributed by atoms with E-state index in [1.54, 1.807) is 0 Å². The van der Waals surface area contributed by atoms with E-state index in [-0.39, 0.29) is 0 Å². The van der Waals surface area contributed by atoms with Gasteiger partial charge >= 0.3 is 0 Å². The molecule has 0 radical (unpaired) electrons. The zero-order chi connectivity index (χ0) is 13.0. The first kappa shape index (κ1) is 14.8. The molecular formula is C13H16Br3NO. The third-order valence-electron chi connectivity index (χ3n) is 3.19. The third-order valence-corrected chi connectivity index (χ3v) is 4.83. The average Bonchev–Trinajstić information content (AvgIpc) is 2.34. The molecule has 0 aliphatic carbocycles. The van der Waals surface area contributed by atoms with E-state index in [1.165, 1.54) is 12.8 Å². The molecule has 1 aliphatic heterocycles. The van der Waals surface area contributed by atoms with Gasteiger partial charge in [0.1, 0.15) is 5.75 Å². The zero-order valence-electron chi connectivity index (χ0n) is 10.0. The summed E-state index contributed by atoms with van der Waals surface area (Å²) in [5, 5.41) is 3.39. The van der Waals surface area contributed by atoms with Crippen LogP contribution < -0.4 is 10.1 Å². The second-order valence-corrected chi connectivity index (χ2v) is 7.15. The topological polar surface area (TPSA) is 21.3 Å². The highest BCUT2D eigenvalue weighted by Gasteiger charge is 2.14. The fraction of sp³-hybridized carbons (Fsp3) is 0.538. The summed E-state index contributed by atoms with van der Waals surface area (Å²) < 4.78 is 8.89. The molecule has 1 aliphatic rings. The maximum absolute atomic E-state index is 5.89. The van der Waals surface area contributed by atoms with Gasteiger partial charge in [-0.25, -0.2) is 0 Å². The lowest BCUT2D eigenvalue weighted by Gasteiger charge is -2.22. The Labute approximate surface area is 133 Å². The molecule has 1 aromatic carbocycles. The van der Waals surface area contributed by atoms with Crippen LogP contribution in [0.15, 0.2) is 25.6 Å². The summed E-state index contributed by atoms with van der Waals surface area (Å²) in [6.07, 6.45) is 3.68. The normalized spacial score (nSPS) is 16.8. The number of benzene rings is 1. The Bertz CT molecular complexity index is 382. The molecule has 1 fully saturated rings. The second kappa shape index (κ2) is 7.27. The van der Waals surface area contributed by atoms with E-state index in [9.17, 15) is 0 Å². The number of piperidine rings is 1. The first-order chi connectivity index (χ1) is 8.66.